The normalized spacial score (nSPS) is 21.6. The van der Waals surface area contributed by atoms with Crippen LogP contribution in [0, 0.1) is 0 Å². The fraction of sp³-hybridized carbons (Fsp3) is 0.412. The minimum absolute atomic E-state index is 0.588. The Balaban J connectivity index is 2.01. The highest BCUT2D eigenvalue weighted by molar-refractivity contribution is 5.78. The topological polar surface area (TPSA) is 65.0 Å². The summed E-state index contributed by atoms with van der Waals surface area (Å²) in [5.41, 5.74) is 2.58. The average molecular weight is 298 g/mol. The van der Waals surface area contributed by atoms with Crippen molar-refractivity contribution in [3.63, 3.8) is 0 Å². The standard InChI is InChI=1S/C17H22N4O/c1-4-21(5-2)12-8-9-13(17(3,22)11-12)15-19-14-7-6-10-18-16(14)20-15/h6-10,22H,4-5,11H2,1-3H3,(H,18,19,20). The smallest absolute Gasteiger partial charge is 0.178 e. The molecule has 2 N–H and O–H groups in total. The summed E-state index contributed by atoms with van der Waals surface area (Å²) < 4.78 is 0. The first-order chi connectivity index (χ1) is 10.5. The van der Waals surface area contributed by atoms with Gasteiger partial charge in [0.2, 0.25) is 0 Å². The molecule has 22 heavy (non-hydrogen) atoms. The molecule has 5 nitrogen and oxygen atoms in total. The molecule has 0 aromatic carbocycles. The zero-order valence-electron chi connectivity index (χ0n) is 13.3. The third-order valence-corrected chi connectivity index (χ3v) is 4.23. The van der Waals surface area contributed by atoms with E-state index >= 15 is 0 Å². The molecule has 0 saturated carbocycles. The van der Waals surface area contributed by atoms with Gasteiger partial charge in [-0.15, -0.1) is 0 Å². The Morgan fingerprint density at radius 2 is 2.09 bits per heavy atom. The number of aromatic amines is 1. The second-order valence-corrected chi connectivity index (χ2v) is 5.82. The van der Waals surface area contributed by atoms with Crippen LogP contribution in [0.4, 0.5) is 0 Å². The van der Waals surface area contributed by atoms with Gasteiger partial charge in [0.25, 0.3) is 0 Å². The molecule has 2 aromatic heterocycles. The minimum atomic E-state index is -0.944. The third-order valence-electron chi connectivity index (χ3n) is 4.23. The van der Waals surface area contributed by atoms with E-state index < -0.39 is 5.60 Å². The van der Waals surface area contributed by atoms with Gasteiger partial charge in [-0.2, -0.15) is 0 Å². The van der Waals surface area contributed by atoms with E-state index in [1.807, 2.05) is 25.1 Å². The largest absolute Gasteiger partial charge is 0.385 e. The second-order valence-electron chi connectivity index (χ2n) is 5.82. The average Bonchev–Trinajstić information content (AvgIpc) is 2.91. The Labute approximate surface area is 130 Å². The highest BCUT2D eigenvalue weighted by Crippen LogP contribution is 2.36. The summed E-state index contributed by atoms with van der Waals surface area (Å²) in [6.07, 6.45) is 6.36. The van der Waals surface area contributed by atoms with Crippen LogP contribution in [-0.2, 0) is 0 Å². The summed E-state index contributed by atoms with van der Waals surface area (Å²) >= 11 is 0. The maximum Gasteiger partial charge on any atom is 0.178 e. The van der Waals surface area contributed by atoms with E-state index in [0.29, 0.717) is 17.9 Å². The summed E-state index contributed by atoms with van der Waals surface area (Å²) in [6.45, 7) is 7.98. The fourth-order valence-corrected chi connectivity index (χ4v) is 3.02. The van der Waals surface area contributed by atoms with Gasteiger partial charge in [-0.05, 0) is 39.0 Å². The number of hydrogen-bond donors (Lipinski definition) is 2. The molecule has 0 saturated heterocycles. The van der Waals surface area contributed by atoms with E-state index in [4.69, 9.17) is 0 Å². The number of aliphatic hydroxyl groups is 1. The molecule has 0 aliphatic heterocycles. The molecule has 0 amide bonds. The quantitative estimate of drug-likeness (QED) is 0.911. The van der Waals surface area contributed by atoms with Crippen molar-refractivity contribution in [3.05, 3.63) is 42.0 Å². The summed E-state index contributed by atoms with van der Waals surface area (Å²) in [6, 6.07) is 3.81. The van der Waals surface area contributed by atoms with E-state index in [1.165, 1.54) is 0 Å². The van der Waals surface area contributed by atoms with Gasteiger partial charge in [0.1, 0.15) is 5.82 Å². The number of pyridine rings is 1. The predicted octanol–water partition coefficient (Wildman–Crippen LogP) is 2.72. The van der Waals surface area contributed by atoms with E-state index in [2.05, 4.69) is 39.8 Å². The van der Waals surface area contributed by atoms with Crippen LogP contribution in [0.3, 0.4) is 0 Å². The van der Waals surface area contributed by atoms with Crippen molar-refractivity contribution in [3.8, 4) is 0 Å². The lowest BCUT2D eigenvalue weighted by Crippen LogP contribution is -2.34. The monoisotopic (exact) mass is 298 g/mol. The van der Waals surface area contributed by atoms with E-state index in [9.17, 15) is 5.11 Å². The Morgan fingerprint density at radius 3 is 2.73 bits per heavy atom. The highest BCUT2D eigenvalue weighted by Gasteiger charge is 2.33. The lowest BCUT2D eigenvalue weighted by Gasteiger charge is -2.34. The van der Waals surface area contributed by atoms with Gasteiger partial charge in [0.15, 0.2) is 5.65 Å². The lowest BCUT2D eigenvalue weighted by atomic mass is 9.85. The molecule has 2 aromatic rings. The van der Waals surface area contributed by atoms with Crippen molar-refractivity contribution in [1.29, 1.82) is 0 Å². The molecule has 0 fully saturated rings. The van der Waals surface area contributed by atoms with Crippen LogP contribution in [-0.4, -0.2) is 43.6 Å². The Kier molecular flexibility index (Phi) is 3.74. The molecular formula is C17H22N4O. The van der Waals surface area contributed by atoms with Gasteiger partial charge in [0.05, 0.1) is 11.1 Å². The number of nitrogens with zero attached hydrogens (tertiary/aromatic N) is 3. The Hall–Kier alpha value is -2.14. The molecule has 5 heteroatoms. The highest BCUT2D eigenvalue weighted by atomic mass is 16.3. The second kappa shape index (κ2) is 5.57. The fourth-order valence-electron chi connectivity index (χ4n) is 3.02. The molecule has 1 aliphatic carbocycles. The summed E-state index contributed by atoms with van der Waals surface area (Å²) in [5.74, 6) is 0.688. The number of aromatic nitrogens is 3. The Morgan fingerprint density at radius 1 is 1.32 bits per heavy atom. The molecule has 2 heterocycles. The van der Waals surface area contributed by atoms with Crippen LogP contribution in [0.1, 0.15) is 33.0 Å². The maximum atomic E-state index is 10.9. The van der Waals surface area contributed by atoms with Gasteiger partial charge >= 0.3 is 0 Å². The number of imidazole rings is 1. The zero-order valence-corrected chi connectivity index (χ0v) is 13.3. The van der Waals surface area contributed by atoms with Gasteiger partial charge in [0, 0.05) is 37.0 Å². The van der Waals surface area contributed by atoms with Crippen molar-refractivity contribution in [2.24, 2.45) is 0 Å². The number of H-pyrrole nitrogens is 1. The van der Waals surface area contributed by atoms with Crippen LogP contribution in [0.15, 0.2) is 36.2 Å². The molecule has 0 bridgehead atoms. The van der Waals surface area contributed by atoms with E-state index in [0.717, 1.165) is 29.9 Å². The predicted molar refractivity (Wildman–Crippen MR) is 88.1 cm³/mol. The van der Waals surface area contributed by atoms with E-state index in [-0.39, 0.29) is 0 Å². The number of fused-ring (bicyclic) bond motifs is 1. The van der Waals surface area contributed by atoms with Gasteiger partial charge in [-0.1, -0.05) is 6.08 Å². The van der Waals surface area contributed by atoms with Gasteiger partial charge in [-0.25, -0.2) is 9.97 Å². The molecule has 0 spiro atoms. The number of rotatable bonds is 4. The van der Waals surface area contributed by atoms with Crippen molar-refractivity contribution < 1.29 is 5.11 Å². The first-order valence-corrected chi connectivity index (χ1v) is 7.75. The molecule has 1 atom stereocenters. The minimum Gasteiger partial charge on any atom is -0.385 e. The maximum absolute atomic E-state index is 10.9. The van der Waals surface area contributed by atoms with Crippen LogP contribution in [0.5, 0.6) is 0 Å². The first kappa shape index (κ1) is 14.8. The van der Waals surface area contributed by atoms with Crippen LogP contribution in [0.2, 0.25) is 0 Å². The first-order valence-electron chi connectivity index (χ1n) is 7.75. The van der Waals surface area contributed by atoms with Crippen LogP contribution in [0.25, 0.3) is 16.7 Å². The molecule has 116 valence electrons. The van der Waals surface area contributed by atoms with Crippen molar-refractivity contribution >= 4 is 16.7 Å². The summed E-state index contributed by atoms with van der Waals surface area (Å²) in [4.78, 5) is 14.3. The van der Waals surface area contributed by atoms with Crippen LogP contribution >= 0.6 is 0 Å². The molecule has 1 aliphatic rings. The number of nitrogens with one attached hydrogen (secondary N) is 1. The number of allylic oxidation sites excluding steroid dienone is 2. The van der Waals surface area contributed by atoms with Crippen molar-refractivity contribution in [1.82, 2.24) is 19.9 Å². The molecular weight excluding hydrogens is 276 g/mol. The zero-order chi connectivity index (χ0) is 15.7. The van der Waals surface area contributed by atoms with Crippen LogP contribution < -0.4 is 0 Å². The van der Waals surface area contributed by atoms with Gasteiger partial charge < -0.3 is 15.0 Å². The lowest BCUT2D eigenvalue weighted by molar-refractivity contribution is 0.110. The number of hydrogen-bond acceptors (Lipinski definition) is 4. The van der Waals surface area contributed by atoms with Gasteiger partial charge in [-0.3, -0.25) is 0 Å². The third kappa shape index (κ3) is 2.52. The van der Waals surface area contributed by atoms with Crippen molar-refractivity contribution in [2.75, 3.05) is 13.1 Å². The van der Waals surface area contributed by atoms with Crippen molar-refractivity contribution in [2.45, 2.75) is 32.8 Å². The summed E-state index contributed by atoms with van der Waals surface area (Å²) in [7, 11) is 0. The molecule has 1 unspecified atom stereocenters. The van der Waals surface area contributed by atoms with E-state index in [1.54, 1.807) is 6.20 Å². The molecule has 0 radical (unpaired) electrons. The Bertz CT molecular complexity index is 705. The SMILES string of the molecule is CCN(CC)C1=CC=C(c2nc3ncccc3[nH]2)C(C)(O)C1. The molecule has 3 rings (SSSR count). The summed E-state index contributed by atoms with van der Waals surface area (Å²) in [5, 5.41) is 10.9.